The number of aliphatic hydroxyl groups excluding tert-OH is 3. The van der Waals surface area contributed by atoms with Crippen LogP contribution in [0.2, 0.25) is 0 Å². The van der Waals surface area contributed by atoms with Gasteiger partial charge in [0, 0.05) is 12.3 Å². The summed E-state index contributed by atoms with van der Waals surface area (Å²) < 4.78 is 0. The van der Waals surface area contributed by atoms with Crippen molar-refractivity contribution >= 4 is 0 Å². The molecule has 0 saturated heterocycles. The number of rotatable bonds is 14. The van der Waals surface area contributed by atoms with E-state index in [2.05, 4.69) is 11.8 Å². The summed E-state index contributed by atoms with van der Waals surface area (Å²) in [6, 6.07) is 0. The Hall–Kier alpha value is -1.44. The molecule has 0 aliphatic heterocycles. The van der Waals surface area contributed by atoms with Crippen molar-refractivity contribution in [2.45, 2.75) is 83.0 Å². The van der Waals surface area contributed by atoms with Crippen LogP contribution in [0.15, 0.2) is 24.3 Å². The number of hydrogen-bond donors (Lipinski definition) is 3. The second kappa shape index (κ2) is 13.7. The highest BCUT2D eigenvalue weighted by Gasteiger charge is 2.39. The SMILES string of the molecule is CCCCC[C@H](O)/C=C/[C@@H]1[C@@H](C/C=C\CCCCO[N+](=O)[O-])[C@@H](O)C[C@H]1O. The van der Waals surface area contributed by atoms with Gasteiger partial charge in [0.2, 0.25) is 0 Å². The zero-order valence-corrected chi connectivity index (χ0v) is 16.3. The molecular weight excluding hydrogens is 350 g/mol. The maximum absolute atomic E-state index is 10.2. The number of nitrogens with zero attached hydrogens (tertiary/aromatic N) is 1. The van der Waals surface area contributed by atoms with Crippen LogP contribution < -0.4 is 0 Å². The smallest absolute Gasteiger partial charge is 0.294 e. The third-order valence-electron chi connectivity index (χ3n) is 5.11. The standard InChI is InChI=1S/C20H35NO6/c1-2-3-7-10-16(22)12-13-18-17(19(23)15-20(18)24)11-8-5-4-6-9-14-27-21(25)26/h5,8,12-13,16-20,22-24H,2-4,6-7,9-11,14-15H2,1H3/b8-5-,13-12+/t16-,17+,18+,19-,20+/m0/s1. The lowest BCUT2D eigenvalue weighted by Gasteiger charge is -2.19. The van der Waals surface area contributed by atoms with Crippen LogP contribution in [0.3, 0.4) is 0 Å². The predicted octanol–water partition coefficient (Wildman–Crippen LogP) is 3.17. The first kappa shape index (κ1) is 23.6. The van der Waals surface area contributed by atoms with Crippen LogP contribution in [0, 0.1) is 22.0 Å². The van der Waals surface area contributed by atoms with Gasteiger partial charge in [-0.15, -0.1) is 10.1 Å². The summed E-state index contributed by atoms with van der Waals surface area (Å²) in [5, 5.41) is 39.7. The molecule has 0 heterocycles. The van der Waals surface area contributed by atoms with Gasteiger partial charge in [0.05, 0.1) is 24.9 Å². The molecule has 0 aromatic carbocycles. The normalized spacial score (nSPS) is 26.8. The quantitative estimate of drug-likeness (QED) is 0.183. The van der Waals surface area contributed by atoms with Crippen molar-refractivity contribution in [2.75, 3.05) is 6.61 Å². The fraction of sp³-hybridized carbons (Fsp3) is 0.800. The highest BCUT2D eigenvalue weighted by Crippen LogP contribution is 2.36. The van der Waals surface area contributed by atoms with Crippen molar-refractivity contribution in [3.05, 3.63) is 34.4 Å². The molecule has 3 N–H and O–H groups in total. The van der Waals surface area contributed by atoms with Crippen molar-refractivity contribution in [2.24, 2.45) is 11.8 Å². The van der Waals surface area contributed by atoms with E-state index < -0.39 is 23.4 Å². The summed E-state index contributed by atoms with van der Waals surface area (Å²) in [6.07, 6.45) is 13.1. The number of aliphatic hydroxyl groups is 3. The van der Waals surface area contributed by atoms with E-state index in [1.165, 1.54) is 0 Å². The summed E-state index contributed by atoms with van der Waals surface area (Å²) in [7, 11) is 0. The molecule has 1 saturated carbocycles. The lowest BCUT2D eigenvalue weighted by atomic mass is 9.89. The maximum Gasteiger partial charge on any atom is 0.294 e. The first-order valence-corrected chi connectivity index (χ1v) is 10.1. The number of hydrogen-bond acceptors (Lipinski definition) is 6. The zero-order chi connectivity index (χ0) is 20.1. The maximum atomic E-state index is 10.2. The molecule has 0 spiro atoms. The van der Waals surface area contributed by atoms with Gasteiger partial charge in [-0.2, -0.15) is 0 Å². The second-order valence-electron chi connectivity index (χ2n) is 7.32. The fourth-order valence-electron chi connectivity index (χ4n) is 3.54. The molecule has 1 fully saturated rings. The molecule has 7 heteroatoms. The van der Waals surface area contributed by atoms with E-state index in [1.807, 2.05) is 18.2 Å². The van der Waals surface area contributed by atoms with Gasteiger partial charge in [-0.3, -0.25) is 0 Å². The first-order valence-electron chi connectivity index (χ1n) is 10.1. The van der Waals surface area contributed by atoms with Gasteiger partial charge in [0.15, 0.2) is 0 Å². The van der Waals surface area contributed by atoms with E-state index in [9.17, 15) is 25.4 Å². The van der Waals surface area contributed by atoms with E-state index >= 15 is 0 Å². The van der Waals surface area contributed by atoms with Crippen LogP contribution in [0.5, 0.6) is 0 Å². The molecule has 7 nitrogen and oxygen atoms in total. The van der Waals surface area contributed by atoms with Crippen molar-refractivity contribution in [3.63, 3.8) is 0 Å². The zero-order valence-electron chi connectivity index (χ0n) is 16.3. The van der Waals surface area contributed by atoms with Crippen molar-refractivity contribution in [1.82, 2.24) is 0 Å². The van der Waals surface area contributed by atoms with Crippen LogP contribution in [-0.2, 0) is 4.84 Å². The third kappa shape index (κ3) is 9.89. The average Bonchev–Trinajstić information content (AvgIpc) is 2.88. The molecule has 0 radical (unpaired) electrons. The average molecular weight is 386 g/mol. The Morgan fingerprint density at radius 3 is 2.67 bits per heavy atom. The fourth-order valence-corrected chi connectivity index (χ4v) is 3.54. The van der Waals surface area contributed by atoms with Gasteiger partial charge in [-0.25, -0.2) is 0 Å². The topological polar surface area (TPSA) is 113 Å². The Kier molecular flexibility index (Phi) is 12.0. The molecule has 0 bridgehead atoms. The molecule has 156 valence electrons. The van der Waals surface area contributed by atoms with Gasteiger partial charge >= 0.3 is 0 Å². The summed E-state index contributed by atoms with van der Waals surface area (Å²) >= 11 is 0. The van der Waals surface area contributed by atoms with E-state index in [4.69, 9.17) is 0 Å². The van der Waals surface area contributed by atoms with Crippen LogP contribution in [-0.4, -0.2) is 45.3 Å². The molecule has 1 rings (SSSR count). The Morgan fingerprint density at radius 2 is 1.96 bits per heavy atom. The summed E-state index contributed by atoms with van der Waals surface area (Å²) in [6.45, 7) is 2.23. The van der Waals surface area contributed by atoms with Crippen LogP contribution in [0.1, 0.15) is 64.7 Å². The van der Waals surface area contributed by atoms with E-state index in [-0.39, 0.29) is 18.4 Å². The monoisotopic (exact) mass is 385 g/mol. The molecule has 1 aliphatic rings. The molecular formula is C20H35NO6. The van der Waals surface area contributed by atoms with Crippen LogP contribution in [0.4, 0.5) is 0 Å². The Balaban J connectivity index is 2.37. The van der Waals surface area contributed by atoms with Gasteiger partial charge < -0.3 is 20.2 Å². The van der Waals surface area contributed by atoms with Gasteiger partial charge in [0.25, 0.3) is 5.09 Å². The van der Waals surface area contributed by atoms with E-state index in [1.54, 1.807) is 6.08 Å². The largest absolute Gasteiger partial charge is 0.393 e. The number of unbranched alkanes of at least 4 members (excludes halogenated alkanes) is 4. The number of allylic oxidation sites excluding steroid dienone is 2. The van der Waals surface area contributed by atoms with Gasteiger partial charge in [-0.05, 0) is 38.0 Å². The molecule has 1 aliphatic carbocycles. The molecule has 27 heavy (non-hydrogen) atoms. The molecule has 0 unspecified atom stereocenters. The highest BCUT2D eigenvalue weighted by atomic mass is 16.9. The molecule has 5 atom stereocenters. The van der Waals surface area contributed by atoms with Crippen molar-refractivity contribution in [1.29, 1.82) is 0 Å². The Labute approximate surface area is 161 Å². The minimum Gasteiger partial charge on any atom is -0.393 e. The summed E-state index contributed by atoms with van der Waals surface area (Å²) in [5.74, 6) is -0.216. The van der Waals surface area contributed by atoms with Crippen molar-refractivity contribution in [3.8, 4) is 0 Å². The van der Waals surface area contributed by atoms with E-state index in [0.717, 1.165) is 38.5 Å². The molecule has 0 amide bonds. The molecule has 0 aromatic rings. The van der Waals surface area contributed by atoms with Crippen LogP contribution >= 0.6 is 0 Å². The van der Waals surface area contributed by atoms with Gasteiger partial charge in [-0.1, -0.05) is 50.5 Å². The predicted molar refractivity (Wildman–Crippen MR) is 103 cm³/mol. The van der Waals surface area contributed by atoms with Crippen molar-refractivity contribution < 1.29 is 25.2 Å². The van der Waals surface area contributed by atoms with E-state index in [0.29, 0.717) is 19.3 Å². The highest BCUT2D eigenvalue weighted by molar-refractivity contribution is 5.06. The lowest BCUT2D eigenvalue weighted by molar-refractivity contribution is -0.757. The van der Waals surface area contributed by atoms with Gasteiger partial charge in [0.1, 0.15) is 0 Å². The van der Waals surface area contributed by atoms with Crippen LogP contribution in [0.25, 0.3) is 0 Å². The molecule has 0 aromatic heterocycles. The second-order valence-corrected chi connectivity index (χ2v) is 7.32. The summed E-state index contributed by atoms with van der Waals surface area (Å²) in [5.41, 5.74) is 0. The summed E-state index contributed by atoms with van der Waals surface area (Å²) in [4.78, 5) is 14.3. The Bertz CT molecular complexity index is 467. The third-order valence-corrected chi connectivity index (χ3v) is 5.11. The minimum absolute atomic E-state index is 0.0619. The minimum atomic E-state index is -0.781. The lowest BCUT2D eigenvalue weighted by Crippen LogP contribution is -2.20. The first-order chi connectivity index (χ1) is 13.0. The Morgan fingerprint density at radius 1 is 1.19 bits per heavy atom.